The Morgan fingerprint density at radius 1 is 0.561 bits per heavy atom. The van der Waals surface area contributed by atoms with Crippen molar-refractivity contribution in [3.8, 4) is 11.1 Å². The van der Waals surface area contributed by atoms with E-state index in [1.54, 1.807) is 0 Å². The van der Waals surface area contributed by atoms with Crippen molar-refractivity contribution >= 4 is 84.9 Å². The Balaban J connectivity index is 1.29. The highest BCUT2D eigenvalue weighted by Gasteiger charge is 2.47. The van der Waals surface area contributed by atoms with Crippen LogP contribution in [0.5, 0.6) is 0 Å². The van der Waals surface area contributed by atoms with E-state index >= 15 is 0 Å². The maximum Gasteiger partial charge on any atom is 0.375 e. The Morgan fingerprint density at radius 2 is 1.18 bits per heavy atom. The molecule has 11 rings (SSSR count). The number of hydrogen-bond acceptors (Lipinski definition) is 3. The first-order valence-corrected chi connectivity index (χ1v) is 20.1. The Kier molecular flexibility index (Phi) is 7.14. The zero-order valence-corrected chi connectivity index (χ0v) is 33.3. The highest BCUT2D eigenvalue weighted by atomic mass is 16.3. The zero-order chi connectivity index (χ0) is 38.8. The molecule has 0 amide bonds. The number of anilines is 6. The molecule has 0 fully saturated rings. The number of rotatable bonds is 4. The second kappa shape index (κ2) is 12.0. The van der Waals surface area contributed by atoms with Crippen LogP contribution in [0.1, 0.15) is 52.7 Å². The fourth-order valence-corrected chi connectivity index (χ4v) is 9.47. The number of para-hydroxylation sites is 4. The lowest BCUT2D eigenvalue weighted by Crippen LogP contribution is -2.56. The summed E-state index contributed by atoms with van der Waals surface area (Å²) in [4.78, 5) is 4.91. The molecule has 4 nitrogen and oxygen atoms in total. The van der Waals surface area contributed by atoms with Gasteiger partial charge in [0.15, 0.2) is 0 Å². The van der Waals surface area contributed by atoms with Gasteiger partial charge in [0, 0.05) is 55.5 Å². The number of furan rings is 1. The molecule has 2 aliphatic heterocycles. The number of fused-ring (bicyclic) bond motifs is 9. The summed E-state index contributed by atoms with van der Waals surface area (Å²) in [5.41, 5.74) is 17.5. The van der Waals surface area contributed by atoms with Crippen molar-refractivity contribution in [2.24, 2.45) is 0 Å². The molecule has 0 saturated carbocycles. The normalized spacial score (nSPS) is 13.4. The van der Waals surface area contributed by atoms with E-state index in [1.807, 2.05) is 0 Å². The summed E-state index contributed by atoms with van der Waals surface area (Å²) >= 11 is 0. The molecule has 0 saturated heterocycles. The van der Waals surface area contributed by atoms with Gasteiger partial charge in [0.1, 0.15) is 11.2 Å². The third-order valence-corrected chi connectivity index (χ3v) is 12.2. The molecule has 0 unspecified atom stereocenters. The first-order valence-electron chi connectivity index (χ1n) is 20.1. The highest BCUT2D eigenvalue weighted by Crippen LogP contribution is 2.51. The first kappa shape index (κ1) is 33.8. The first-order chi connectivity index (χ1) is 27.6. The summed E-state index contributed by atoms with van der Waals surface area (Å²) < 4.78 is 9.77. The summed E-state index contributed by atoms with van der Waals surface area (Å²) in [6, 6.07) is 57.9. The van der Waals surface area contributed by atoms with Gasteiger partial charge in [0.2, 0.25) is 0 Å². The molecule has 0 N–H and O–H groups in total. The molecule has 57 heavy (non-hydrogen) atoms. The molecule has 4 heterocycles. The zero-order valence-electron chi connectivity index (χ0n) is 33.3. The van der Waals surface area contributed by atoms with Crippen LogP contribution in [-0.2, 0) is 10.8 Å². The van der Waals surface area contributed by atoms with Gasteiger partial charge in [-0.05, 0) is 99.7 Å². The van der Waals surface area contributed by atoms with Crippen LogP contribution in [0.25, 0.3) is 43.9 Å². The highest BCUT2D eigenvalue weighted by molar-refractivity contribution is 6.89. The number of aromatic nitrogens is 1. The molecule has 5 heteroatoms. The second-order valence-corrected chi connectivity index (χ2v) is 17.8. The van der Waals surface area contributed by atoms with Crippen molar-refractivity contribution in [2.75, 3.05) is 9.80 Å². The van der Waals surface area contributed by atoms with E-state index in [4.69, 9.17) is 4.42 Å². The van der Waals surface area contributed by atoms with E-state index in [2.05, 4.69) is 214 Å². The minimum absolute atomic E-state index is 0.0460. The standard InChI is InChI=1S/C52H44BN3O/c1-51(2,3)33-25-27-37(28-26-33)55-44-32-34(52(4,5)6)31-41-38-29-30-43(54(35-17-9-7-10-18-35)36-19-11-8-12-20-36)46-39-21-13-15-23-42(39)56(48(38)46)53(47(41)44)50-49(55)40-22-14-16-24-45(40)57-50/h7-32H,1-6H3. The van der Waals surface area contributed by atoms with Crippen molar-refractivity contribution in [3.05, 3.63) is 169 Å². The fourth-order valence-electron chi connectivity index (χ4n) is 9.47. The van der Waals surface area contributed by atoms with Crippen LogP contribution in [0, 0.1) is 0 Å². The van der Waals surface area contributed by atoms with Crippen LogP contribution in [-0.4, -0.2) is 11.3 Å². The molecule has 7 aromatic carbocycles. The lowest BCUT2D eigenvalue weighted by atomic mass is 9.47. The molecular formula is C52H44BN3O. The molecular weight excluding hydrogens is 693 g/mol. The Hall–Kier alpha value is -6.46. The molecule has 0 radical (unpaired) electrons. The van der Waals surface area contributed by atoms with Crippen molar-refractivity contribution < 1.29 is 4.42 Å². The van der Waals surface area contributed by atoms with Crippen molar-refractivity contribution in [1.29, 1.82) is 0 Å². The summed E-state index contributed by atoms with van der Waals surface area (Å²) in [7, 11) is 0. The molecule has 2 aliphatic rings. The van der Waals surface area contributed by atoms with Crippen molar-refractivity contribution in [2.45, 2.75) is 52.4 Å². The molecule has 0 spiro atoms. The van der Waals surface area contributed by atoms with E-state index in [9.17, 15) is 0 Å². The third-order valence-electron chi connectivity index (χ3n) is 12.2. The largest absolute Gasteiger partial charge is 0.466 e. The van der Waals surface area contributed by atoms with Gasteiger partial charge in [-0.1, -0.05) is 133 Å². The van der Waals surface area contributed by atoms with E-state index in [0.717, 1.165) is 45.1 Å². The average Bonchev–Trinajstić information content (AvgIpc) is 3.77. The lowest BCUT2D eigenvalue weighted by Gasteiger charge is -2.39. The molecule has 9 aromatic rings. The van der Waals surface area contributed by atoms with Crippen molar-refractivity contribution in [3.63, 3.8) is 0 Å². The van der Waals surface area contributed by atoms with Gasteiger partial charge in [0.25, 0.3) is 0 Å². The Labute approximate surface area is 334 Å². The minimum atomic E-state index is -0.191. The average molecular weight is 738 g/mol. The molecule has 0 atom stereocenters. The van der Waals surface area contributed by atoms with Crippen LogP contribution < -0.4 is 20.9 Å². The predicted molar refractivity (Wildman–Crippen MR) is 242 cm³/mol. The van der Waals surface area contributed by atoms with E-state index in [0.29, 0.717) is 0 Å². The van der Waals surface area contributed by atoms with Crippen LogP contribution >= 0.6 is 0 Å². The quantitative estimate of drug-likeness (QED) is 0.168. The smallest absolute Gasteiger partial charge is 0.375 e. The fraction of sp³-hybridized carbons (Fsp3) is 0.154. The van der Waals surface area contributed by atoms with Gasteiger partial charge in [-0.2, -0.15) is 0 Å². The van der Waals surface area contributed by atoms with E-state index < -0.39 is 0 Å². The predicted octanol–water partition coefficient (Wildman–Crippen LogP) is 13.0. The Bertz CT molecular complexity index is 3000. The van der Waals surface area contributed by atoms with Crippen molar-refractivity contribution in [1.82, 2.24) is 4.48 Å². The second-order valence-electron chi connectivity index (χ2n) is 17.8. The van der Waals surface area contributed by atoms with Crippen LogP contribution in [0.2, 0.25) is 0 Å². The maximum absolute atomic E-state index is 7.17. The SMILES string of the molecule is CC(C)(C)c1ccc(N2c3cc(C(C)(C)C)cc4c3B(c3oc5ccccc5c32)n2c3ccccc3c3c(N(c5ccccc5)c5ccccc5)ccc-4c32)cc1. The number of nitrogens with zero attached hydrogens (tertiary/aromatic N) is 3. The third kappa shape index (κ3) is 4.94. The molecule has 0 aliphatic carbocycles. The molecule has 276 valence electrons. The topological polar surface area (TPSA) is 24.6 Å². The lowest BCUT2D eigenvalue weighted by molar-refractivity contribution is 0.590. The van der Waals surface area contributed by atoms with E-state index in [1.165, 1.54) is 55.2 Å². The van der Waals surface area contributed by atoms with Gasteiger partial charge < -0.3 is 18.7 Å². The van der Waals surface area contributed by atoms with Crippen LogP contribution in [0.3, 0.4) is 0 Å². The van der Waals surface area contributed by atoms with Gasteiger partial charge in [-0.3, -0.25) is 0 Å². The van der Waals surface area contributed by atoms with Gasteiger partial charge in [-0.25, -0.2) is 0 Å². The monoisotopic (exact) mass is 737 g/mol. The summed E-state index contributed by atoms with van der Waals surface area (Å²) in [6.07, 6.45) is 0. The summed E-state index contributed by atoms with van der Waals surface area (Å²) in [5.74, 6) is 0. The maximum atomic E-state index is 7.17. The minimum Gasteiger partial charge on any atom is -0.466 e. The molecule has 0 bridgehead atoms. The van der Waals surface area contributed by atoms with Gasteiger partial charge in [-0.15, -0.1) is 0 Å². The summed E-state index contributed by atoms with van der Waals surface area (Å²) in [6.45, 7) is 13.6. The summed E-state index contributed by atoms with van der Waals surface area (Å²) in [5, 5.41) is 3.58. The van der Waals surface area contributed by atoms with Gasteiger partial charge in [0.05, 0.1) is 11.4 Å². The van der Waals surface area contributed by atoms with E-state index in [-0.39, 0.29) is 17.7 Å². The number of hydrogen-bond donors (Lipinski definition) is 0. The number of benzene rings is 7. The van der Waals surface area contributed by atoms with Crippen LogP contribution in [0.4, 0.5) is 34.1 Å². The molecule has 2 aromatic heterocycles. The van der Waals surface area contributed by atoms with Crippen LogP contribution in [0.15, 0.2) is 162 Å². The Morgan fingerprint density at radius 3 is 1.84 bits per heavy atom. The van der Waals surface area contributed by atoms with Gasteiger partial charge >= 0.3 is 6.85 Å².